The van der Waals surface area contributed by atoms with Crippen molar-refractivity contribution < 1.29 is 36.1 Å². The molecule has 292 valence electrons. The summed E-state index contributed by atoms with van der Waals surface area (Å²) in [5, 5.41) is 2.61. The Kier molecular flexibility index (Phi) is 10.5. The first-order valence-corrected chi connectivity index (χ1v) is 23.7. The molecule has 9 nitrogen and oxygen atoms in total. The van der Waals surface area contributed by atoms with Crippen LogP contribution in [0.5, 0.6) is 5.75 Å². The summed E-state index contributed by atoms with van der Waals surface area (Å²) in [5.41, 5.74) is 2.01. The van der Waals surface area contributed by atoms with Crippen molar-refractivity contribution in [3.05, 3.63) is 88.7 Å². The highest BCUT2D eigenvalue weighted by Crippen LogP contribution is 2.51. The van der Waals surface area contributed by atoms with Crippen molar-refractivity contribution in [2.75, 3.05) is 24.2 Å². The minimum absolute atomic E-state index is 0.112. The second-order valence-corrected chi connectivity index (χ2v) is 24.4. The zero-order chi connectivity index (χ0) is 39.6. The van der Waals surface area contributed by atoms with Crippen LogP contribution in [0.25, 0.3) is 0 Å². The molecule has 3 aromatic rings. The average Bonchev–Trinajstić information content (AvgIpc) is 3.81. The maximum absolute atomic E-state index is 14.0. The first-order chi connectivity index (χ1) is 25.0. The molecule has 2 heterocycles. The van der Waals surface area contributed by atoms with Crippen molar-refractivity contribution in [1.82, 2.24) is 5.32 Å². The highest BCUT2D eigenvalue weighted by Gasteiger charge is 2.53. The van der Waals surface area contributed by atoms with Crippen molar-refractivity contribution in [2.45, 2.75) is 121 Å². The first-order valence-electron chi connectivity index (χ1n) is 18.9. The zero-order valence-electron chi connectivity index (χ0n) is 33.6. The molecule has 1 aliphatic carbocycles. The number of hydrogen-bond donors (Lipinski definition) is 1. The Bertz CT molecular complexity index is 2000. The Morgan fingerprint density at radius 1 is 1.04 bits per heavy atom. The summed E-state index contributed by atoms with van der Waals surface area (Å²) >= 11 is 0. The molecule has 3 aliphatic rings. The van der Waals surface area contributed by atoms with Gasteiger partial charge in [-0.2, -0.15) is 0 Å². The van der Waals surface area contributed by atoms with E-state index in [4.69, 9.17) is 18.5 Å². The molecule has 13 heteroatoms. The number of nitrogens with zero attached hydrogens (tertiary/aromatic N) is 1. The van der Waals surface area contributed by atoms with Gasteiger partial charge < -0.3 is 23.8 Å². The molecular weight excluding hydrogens is 722 g/mol. The molecule has 1 saturated heterocycles. The van der Waals surface area contributed by atoms with Crippen LogP contribution in [-0.2, 0) is 40.6 Å². The minimum Gasteiger partial charge on any atom is -0.472 e. The van der Waals surface area contributed by atoms with Gasteiger partial charge in [-0.1, -0.05) is 57.2 Å². The van der Waals surface area contributed by atoms with Crippen molar-refractivity contribution in [1.29, 1.82) is 0 Å². The summed E-state index contributed by atoms with van der Waals surface area (Å²) in [7, 11) is -5.29. The van der Waals surface area contributed by atoms with Crippen LogP contribution in [0, 0.1) is 5.82 Å². The second-order valence-electron chi connectivity index (χ2n) is 17.7. The Balaban J connectivity index is 1.40. The van der Waals surface area contributed by atoms with E-state index >= 15 is 0 Å². The molecule has 2 unspecified atom stereocenters. The Labute approximate surface area is 322 Å². The van der Waals surface area contributed by atoms with Gasteiger partial charge in [-0.05, 0) is 111 Å². The van der Waals surface area contributed by atoms with Crippen molar-refractivity contribution in [3.8, 4) is 5.75 Å². The molecule has 0 spiro atoms. The van der Waals surface area contributed by atoms with Gasteiger partial charge in [0.2, 0.25) is 15.6 Å². The maximum atomic E-state index is 14.0. The lowest BCUT2D eigenvalue weighted by Gasteiger charge is -2.40. The number of carbonyl (C=O) groups excluding carboxylic acids is 1. The second kappa shape index (κ2) is 14.1. The molecule has 2 aliphatic heterocycles. The van der Waals surface area contributed by atoms with Gasteiger partial charge in [-0.15, -0.1) is 0 Å². The standard InChI is InChI=1S/C41H56BFN2O7SSi/c1-38(2,3)54(10,11)50-35(31-14-12-13-15-33(31)42-51-39(4,5)40(6,7)52-42)22-23-45(53(9,47)48)34-25-36-28(24-32(34)27-16-17-27)26-41(49-36,37(46)44-8)29-18-20-30(43)21-19-29/h12-15,18-21,24-25,27,35H,16-17,22-23,26H2,1-11H3,(H,44,46). The van der Waals surface area contributed by atoms with Gasteiger partial charge in [-0.3, -0.25) is 9.10 Å². The summed E-state index contributed by atoms with van der Waals surface area (Å²) < 4.78 is 70.0. The number of nitrogens with one attached hydrogen (secondary N) is 1. The fraction of sp³-hybridized carbons (Fsp3) is 0.537. The number of halogens is 1. The Morgan fingerprint density at radius 3 is 2.20 bits per heavy atom. The summed E-state index contributed by atoms with van der Waals surface area (Å²) in [6.45, 7) is 19.2. The van der Waals surface area contributed by atoms with Crippen LogP contribution in [-0.4, -0.2) is 60.8 Å². The van der Waals surface area contributed by atoms with E-state index in [2.05, 4.69) is 39.2 Å². The number of carbonyl (C=O) groups is 1. The monoisotopic (exact) mass is 778 g/mol. The Hall–Kier alpha value is -3.23. The number of fused-ring (bicyclic) bond motifs is 1. The molecule has 6 rings (SSSR count). The zero-order valence-corrected chi connectivity index (χ0v) is 35.4. The topological polar surface area (TPSA) is 103 Å². The predicted octanol–water partition coefficient (Wildman–Crippen LogP) is 7.50. The van der Waals surface area contributed by atoms with Crippen LogP contribution >= 0.6 is 0 Å². The lowest BCUT2D eigenvalue weighted by atomic mass is 9.74. The van der Waals surface area contributed by atoms with E-state index in [1.807, 2.05) is 58.0 Å². The van der Waals surface area contributed by atoms with Crippen LogP contribution in [0.3, 0.4) is 0 Å². The van der Waals surface area contributed by atoms with Gasteiger partial charge in [0, 0.05) is 31.6 Å². The Morgan fingerprint density at radius 2 is 1.65 bits per heavy atom. The lowest BCUT2D eigenvalue weighted by Crippen LogP contribution is -2.46. The van der Waals surface area contributed by atoms with Gasteiger partial charge in [0.15, 0.2) is 8.32 Å². The number of ether oxygens (including phenoxy) is 1. The fourth-order valence-corrected chi connectivity index (χ4v) is 9.40. The lowest BCUT2D eigenvalue weighted by molar-refractivity contribution is -0.135. The molecule has 3 aromatic carbocycles. The molecule has 1 N–H and O–H groups in total. The molecule has 2 fully saturated rings. The van der Waals surface area contributed by atoms with E-state index in [9.17, 15) is 17.6 Å². The molecule has 54 heavy (non-hydrogen) atoms. The van der Waals surface area contributed by atoms with Crippen molar-refractivity contribution in [2.24, 2.45) is 0 Å². The van der Waals surface area contributed by atoms with Crippen LogP contribution in [0.4, 0.5) is 10.1 Å². The normalized spacial score (nSPS) is 21.4. The molecule has 0 aromatic heterocycles. The van der Waals surface area contributed by atoms with E-state index < -0.39 is 54.2 Å². The molecule has 1 amide bonds. The van der Waals surface area contributed by atoms with Crippen molar-refractivity contribution in [3.63, 3.8) is 0 Å². The van der Waals surface area contributed by atoms with E-state index in [0.717, 1.165) is 35.0 Å². The van der Waals surface area contributed by atoms with Gasteiger partial charge in [0.1, 0.15) is 11.6 Å². The largest absolute Gasteiger partial charge is 0.495 e. The quantitative estimate of drug-likeness (QED) is 0.190. The first kappa shape index (κ1) is 40.4. The van der Waals surface area contributed by atoms with Gasteiger partial charge in [0.05, 0.1) is 29.2 Å². The summed E-state index contributed by atoms with van der Waals surface area (Å²) in [6, 6.07) is 17.5. The average molecular weight is 779 g/mol. The third-order valence-corrected chi connectivity index (χ3v) is 17.9. The summed E-state index contributed by atoms with van der Waals surface area (Å²) in [4.78, 5) is 13.5. The predicted molar refractivity (Wildman–Crippen MR) is 215 cm³/mol. The smallest absolute Gasteiger partial charge is 0.472 e. The van der Waals surface area contributed by atoms with Crippen LogP contribution in [0.2, 0.25) is 18.1 Å². The van der Waals surface area contributed by atoms with Crippen LogP contribution in [0.15, 0.2) is 60.7 Å². The number of amides is 1. The molecule has 0 radical (unpaired) electrons. The highest BCUT2D eigenvalue weighted by atomic mass is 32.2. The van der Waals surface area contributed by atoms with E-state index in [1.165, 1.54) is 22.7 Å². The van der Waals surface area contributed by atoms with Gasteiger partial charge in [0.25, 0.3) is 5.91 Å². The van der Waals surface area contributed by atoms with E-state index in [-0.39, 0.29) is 29.8 Å². The summed E-state index contributed by atoms with van der Waals surface area (Å²) in [5.74, 6) is -0.182. The van der Waals surface area contributed by atoms with E-state index in [1.54, 1.807) is 25.2 Å². The number of hydrogen-bond acceptors (Lipinski definition) is 7. The number of anilines is 1. The third kappa shape index (κ3) is 7.63. The summed E-state index contributed by atoms with van der Waals surface area (Å²) in [6.07, 6.45) is 3.20. The molecular formula is C41H56BFN2O7SSi. The van der Waals surface area contributed by atoms with Crippen molar-refractivity contribution >= 4 is 42.5 Å². The molecule has 1 saturated carbocycles. The molecule has 0 bridgehead atoms. The third-order valence-electron chi connectivity index (χ3n) is 12.2. The fourth-order valence-electron chi connectivity index (χ4n) is 7.13. The van der Waals surface area contributed by atoms with Crippen LogP contribution < -0.4 is 19.8 Å². The van der Waals surface area contributed by atoms with Crippen LogP contribution in [0.1, 0.15) is 102 Å². The van der Waals surface area contributed by atoms with E-state index in [0.29, 0.717) is 23.4 Å². The highest BCUT2D eigenvalue weighted by molar-refractivity contribution is 7.92. The number of sulfonamides is 1. The number of rotatable bonds is 12. The minimum atomic E-state index is -3.81. The number of likely N-dealkylation sites (N-methyl/N-ethyl adjacent to an activating group) is 1. The van der Waals surface area contributed by atoms with Gasteiger partial charge >= 0.3 is 7.12 Å². The SMILES string of the molecule is CNC(=O)C1(c2ccc(F)cc2)Cc2cc(C3CC3)c(N(CCC(O[Si](C)(C)C(C)(C)C)c3ccccc3B3OC(C)(C)C(C)(C)O3)S(C)(=O)=O)cc2O1. The maximum Gasteiger partial charge on any atom is 0.495 e. The number of benzene rings is 3. The van der Waals surface area contributed by atoms with Gasteiger partial charge in [-0.25, -0.2) is 12.8 Å². The molecule has 2 atom stereocenters.